The summed E-state index contributed by atoms with van der Waals surface area (Å²) in [5.74, 6) is -0.520. The van der Waals surface area contributed by atoms with Gasteiger partial charge in [0.05, 0.1) is 24.2 Å². The minimum absolute atomic E-state index is 0.0130. The predicted molar refractivity (Wildman–Crippen MR) is 204 cm³/mol. The van der Waals surface area contributed by atoms with Crippen molar-refractivity contribution in [2.24, 2.45) is 11.8 Å². The Labute approximate surface area is 319 Å². The second-order valence-electron chi connectivity index (χ2n) is 12.6. The van der Waals surface area contributed by atoms with Crippen LogP contribution < -0.4 is 26.0 Å². The highest BCUT2D eigenvalue weighted by Gasteiger charge is 2.27. The van der Waals surface area contributed by atoms with Crippen LogP contribution in [0.4, 0.5) is 31.2 Å². The molecule has 6 rings (SSSR count). The zero-order valence-electron chi connectivity index (χ0n) is 29.2. The van der Waals surface area contributed by atoms with Gasteiger partial charge in [0.1, 0.15) is 6.42 Å². The average Bonchev–Trinajstić information content (AvgIpc) is 3.97. The van der Waals surface area contributed by atoms with Crippen LogP contribution in [0.15, 0.2) is 48.5 Å². The Bertz CT molecular complexity index is 2090. The van der Waals surface area contributed by atoms with Gasteiger partial charge in [0.2, 0.25) is 20.3 Å². The largest absolute Gasteiger partial charge is 0.481 e. The van der Waals surface area contributed by atoms with Gasteiger partial charge in [-0.2, -0.15) is 8.75 Å². The number of aliphatic carboxylic acids is 1. The van der Waals surface area contributed by atoms with Gasteiger partial charge < -0.3 is 15.7 Å². The number of para-hydroxylation sites is 2. The molecule has 6 N–H and O–H groups in total. The van der Waals surface area contributed by atoms with Crippen molar-refractivity contribution in [1.82, 2.24) is 23.4 Å². The fraction of sp³-hybridized carbons (Fsp3) is 0.382. The predicted octanol–water partition coefficient (Wildman–Crippen LogP) is 5.79. The number of carboxylic acid groups (broad SMARTS) is 1. The molecule has 0 atom stereocenters. The molecule has 0 saturated heterocycles. The quantitative estimate of drug-likeness (QED) is 0.0880. The fourth-order valence-corrected chi connectivity index (χ4v) is 7.57. The van der Waals surface area contributed by atoms with Gasteiger partial charge in [-0.3, -0.25) is 25.0 Å². The third kappa shape index (κ3) is 11.9. The number of carbonyl (C=O) groups excluding carboxylic acids is 4. The lowest BCUT2D eigenvalue weighted by Gasteiger charge is -2.13. The molecular formula is C34H39N9O8S3. The van der Waals surface area contributed by atoms with E-state index in [1.165, 1.54) is 0 Å². The van der Waals surface area contributed by atoms with Gasteiger partial charge in [-0.05, 0) is 49.9 Å². The van der Waals surface area contributed by atoms with Gasteiger partial charge in [-0.15, -0.1) is 0 Å². The summed E-state index contributed by atoms with van der Waals surface area (Å²) in [7, 11) is -3.35. The first kappa shape index (κ1) is 40.0. The van der Waals surface area contributed by atoms with Crippen molar-refractivity contribution < 1.29 is 37.5 Å². The molecule has 0 unspecified atom stereocenters. The molecule has 2 heterocycles. The number of ketones is 2. The van der Waals surface area contributed by atoms with E-state index in [2.05, 4.69) is 44.7 Å². The maximum absolute atomic E-state index is 12.7. The van der Waals surface area contributed by atoms with Crippen molar-refractivity contribution in [2.75, 3.05) is 27.5 Å². The summed E-state index contributed by atoms with van der Waals surface area (Å²) >= 11 is 1.83. The van der Waals surface area contributed by atoms with Crippen LogP contribution in [0.3, 0.4) is 0 Å². The van der Waals surface area contributed by atoms with Gasteiger partial charge in [0.25, 0.3) is 0 Å². The Balaban J connectivity index is 0.000000208. The molecular weight excluding hydrogens is 759 g/mol. The molecule has 2 aromatic carbocycles. The lowest BCUT2D eigenvalue weighted by Crippen LogP contribution is -2.23. The average molecular weight is 798 g/mol. The first-order valence-electron chi connectivity index (χ1n) is 17.1. The standard InChI is InChI=1S/C17H21N5O4S2.C17H18N4O4S/c1-28(25,26)18-10-14-20-17(27-22-14)21-16(24)19-13-9-5-4-8-12(13)15(23)11-6-2-3-7-11;22-14(23)9-13-19-17(26-21-13)20-16(25)18-12-8-4-3-7-11(12)15(24)10-5-1-2-6-10/h4-5,8-9,11,18H,2-3,6-7,10H2,1H3,(H2,19,20,21,22,24);3-4,7-8,10H,1-2,5-6,9H2,(H,22,23)(H2,18,19,20,21,25). The van der Waals surface area contributed by atoms with E-state index in [-0.39, 0.29) is 58.3 Å². The molecule has 20 heteroatoms. The number of nitrogens with zero attached hydrogens (tertiary/aromatic N) is 4. The number of hydrogen-bond donors (Lipinski definition) is 6. The van der Waals surface area contributed by atoms with Gasteiger partial charge in [0.15, 0.2) is 23.2 Å². The number of sulfonamides is 1. The van der Waals surface area contributed by atoms with Crippen LogP contribution in [-0.2, 0) is 27.8 Å². The van der Waals surface area contributed by atoms with Crippen LogP contribution in [0.5, 0.6) is 0 Å². The van der Waals surface area contributed by atoms with E-state index in [9.17, 15) is 32.4 Å². The van der Waals surface area contributed by atoms with Crippen LogP contribution >= 0.6 is 23.1 Å². The van der Waals surface area contributed by atoms with Crippen LogP contribution in [0.2, 0.25) is 0 Å². The van der Waals surface area contributed by atoms with Crippen LogP contribution in [0.1, 0.15) is 83.7 Å². The molecule has 4 aromatic rings. The Hall–Kier alpha value is -5.18. The molecule has 0 radical (unpaired) electrons. The van der Waals surface area contributed by atoms with E-state index < -0.39 is 28.1 Å². The van der Waals surface area contributed by atoms with Crippen molar-refractivity contribution in [2.45, 2.75) is 64.3 Å². The third-order valence-corrected chi connectivity index (χ3v) is 10.5. The van der Waals surface area contributed by atoms with E-state index in [1.807, 2.05) is 0 Å². The van der Waals surface area contributed by atoms with Crippen molar-refractivity contribution >= 4 is 84.3 Å². The van der Waals surface area contributed by atoms with Crippen molar-refractivity contribution in [3.05, 3.63) is 71.3 Å². The number of Topliss-reactive ketones (excluding diaryl/α,β-unsaturated/α-hetero) is 2. The zero-order chi connectivity index (χ0) is 38.7. The number of aromatic nitrogens is 4. The van der Waals surface area contributed by atoms with Crippen LogP contribution in [0, 0.1) is 11.8 Å². The van der Waals surface area contributed by atoms with Crippen molar-refractivity contribution in [1.29, 1.82) is 0 Å². The molecule has 0 spiro atoms. The fourth-order valence-electron chi connectivity index (χ4n) is 6.02. The summed E-state index contributed by atoms with van der Waals surface area (Å²) in [6.45, 7) is -0.0582. The second-order valence-corrected chi connectivity index (χ2v) is 16.0. The first-order chi connectivity index (χ1) is 25.8. The lowest BCUT2D eigenvalue weighted by atomic mass is 9.95. The van der Waals surface area contributed by atoms with Crippen LogP contribution in [0.25, 0.3) is 0 Å². The van der Waals surface area contributed by atoms with E-state index in [0.29, 0.717) is 22.5 Å². The molecule has 2 fully saturated rings. The van der Waals surface area contributed by atoms with E-state index >= 15 is 0 Å². The SMILES string of the molecule is CS(=O)(=O)NCc1nsc(NC(=O)Nc2ccccc2C(=O)C2CCCC2)n1.O=C(O)Cc1nsc(NC(=O)Nc2ccccc2C(=O)C2CCCC2)n1. The molecule has 2 saturated carbocycles. The molecule has 286 valence electrons. The molecule has 54 heavy (non-hydrogen) atoms. The second kappa shape index (κ2) is 18.7. The van der Waals surface area contributed by atoms with Gasteiger partial charge in [-0.25, -0.2) is 32.7 Å². The number of amides is 4. The summed E-state index contributed by atoms with van der Waals surface area (Å²) in [4.78, 5) is 68.5. The number of carboxylic acids is 1. The van der Waals surface area contributed by atoms with Crippen molar-refractivity contribution in [3.8, 4) is 0 Å². The Morgan fingerprint density at radius 1 is 0.685 bits per heavy atom. The number of benzene rings is 2. The van der Waals surface area contributed by atoms with Gasteiger partial charge in [-0.1, -0.05) is 49.9 Å². The molecule has 0 bridgehead atoms. The number of nitrogens with one attached hydrogen (secondary N) is 5. The Morgan fingerprint density at radius 3 is 1.56 bits per heavy atom. The topological polar surface area (TPSA) is 251 Å². The van der Waals surface area contributed by atoms with E-state index in [0.717, 1.165) is 80.7 Å². The number of carbonyl (C=O) groups is 5. The molecule has 2 aromatic heterocycles. The van der Waals surface area contributed by atoms with E-state index in [1.54, 1.807) is 48.5 Å². The molecule has 17 nitrogen and oxygen atoms in total. The number of rotatable bonds is 13. The van der Waals surface area contributed by atoms with Gasteiger partial charge in [0, 0.05) is 46.0 Å². The highest BCUT2D eigenvalue weighted by molar-refractivity contribution is 7.88. The summed E-state index contributed by atoms with van der Waals surface area (Å²) in [5, 5.41) is 19.5. The first-order valence-corrected chi connectivity index (χ1v) is 20.5. The normalized spacial score (nSPS) is 14.5. The number of urea groups is 2. The molecule has 2 aliphatic carbocycles. The summed E-state index contributed by atoms with van der Waals surface area (Å²) in [6.07, 6.45) is 8.50. The smallest absolute Gasteiger partial charge is 0.325 e. The highest BCUT2D eigenvalue weighted by atomic mass is 32.2. The van der Waals surface area contributed by atoms with E-state index in [4.69, 9.17) is 5.11 Å². The monoisotopic (exact) mass is 797 g/mol. The minimum atomic E-state index is -3.35. The Kier molecular flexibility index (Phi) is 13.9. The summed E-state index contributed by atoms with van der Waals surface area (Å²) < 4.78 is 32.3. The number of hydrogen-bond acceptors (Lipinski definition) is 13. The molecule has 2 aliphatic rings. The van der Waals surface area contributed by atoms with Gasteiger partial charge >= 0.3 is 18.0 Å². The molecule has 0 aliphatic heterocycles. The lowest BCUT2D eigenvalue weighted by molar-refractivity contribution is -0.136. The third-order valence-electron chi connectivity index (χ3n) is 8.51. The number of anilines is 4. The zero-order valence-corrected chi connectivity index (χ0v) is 31.6. The maximum Gasteiger partial charge on any atom is 0.325 e. The Morgan fingerprint density at radius 2 is 1.11 bits per heavy atom. The summed E-state index contributed by atoms with van der Waals surface area (Å²) in [6, 6.07) is 12.7. The van der Waals surface area contributed by atoms with Crippen molar-refractivity contribution in [3.63, 3.8) is 0 Å². The minimum Gasteiger partial charge on any atom is -0.481 e. The maximum atomic E-state index is 12.7. The highest BCUT2D eigenvalue weighted by Crippen LogP contribution is 2.32. The van der Waals surface area contributed by atoms with Crippen LogP contribution in [-0.4, -0.2) is 68.1 Å². The molecule has 4 amide bonds. The summed E-state index contributed by atoms with van der Waals surface area (Å²) in [5.41, 5.74) is 1.88.